The maximum Gasteiger partial charge on any atom is 0.317 e. The fourth-order valence-electron chi connectivity index (χ4n) is 2.21. The number of ether oxygens (including phenoxy) is 1. The molecule has 1 aromatic rings. The molecule has 4 heteroatoms. The van der Waals surface area contributed by atoms with Gasteiger partial charge in [-0.3, -0.25) is 0 Å². The lowest BCUT2D eigenvalue weighted by Crippen LogP contribution is -2.41. The number of unbranched alkanes of at least 4 members (excludes halogenated alkanes) is 1. The number of rotatable bonds is 10. The number of aryl methyl sites for hydroxylation is 1. The smallest absolute Gasteiger partial charge is 0.317 e. The van der Waals surface area contributed by atoms with E-state index in [0.717, 1.165) is 50.1 Å². The zero-order valence-electron chi connectivity index (χ0n) is 14.2. The van der Waals surface area contributed by atoms with E-state index < -0.39 is 0 Å². The van der Waals surface area contributed by atoms with Gasteiger partial charge in [-0.15, -0.1) is 0 Å². The summed E-state index contributed by atoms with van der Waals surface area (Å²) in [6.45, 7) is 9.22. The molecule has 0 aliphatic heterocycles. The summed E-state index contributed by atoms with van der Waals surface area (Å²) in [7, 11) is 0. The number of benzene rings is 1. The topological polar surface area (TPSA) is 41.6 Å². The number of amides is 2. The average molecular weight is 306 g/mol. The van der Waals surface area contributed by atoms with Gasteiger partial charge < -0.3 is 15.0 Å². The van der Waals surface area contributed by atoms with Crippen molar-refractivity contribution in [2.24, 2.45) is 0 Å². The van der Waals surface area contributed by atoms with Crippen LogP contribution in [0.2, 0.25) is 0 Å². The maximum absolute atomic E-state index is 12.1. The van der Waals surface area contributed by atoms with Crippen molar-refractivity contribution in [1.82, 2.24) is 10.2 Å². The highest BCUT2D eigenvalue weighted by molar-refractivity contribution is 5.74. The molecule has 0 atom stereocenters. The Bertz CT molecular complexity index is 435. The molecule has 0 saturated carbocycles. The fourth-order valence-corrected chi connectivity index (χ4v) is 2.21. The quantitative estimate of drug-likeness (QED) is 0.664. The summed E-state index contributed by atoms with van der Waals surface area (Å²) < 4.78 is 5.73. The van der Waals surface area contributed by atoms with Crippen molar-refractivity contribution in [3.05, 3.63) is 29.8 Å². The zero-order chi connectivity index (χ0) is 16.2. The Morgan fingerprint density at radius 1 is 1.14 bits per heavy atom. The van der Waals surface area contributed by atoms with Gasteiger partial charge in [-0.25, -0.2) is 4.79 Å². The molecular formula is C18H30N2O2. The third kappa shape index (κ3) is 6.83. The summed E-state index contributed by atoms with van der Waals surface area (Å²) in [5.41, 5.74) is 1.14. The van der Waals surface area contributed by atoms with Gasteiger partial charge >= 0.3 is 6.03 Å². The molecule has 0 saturated heterocycles. The monoisotopic (exact) mass is 306 g/mol. The van der Waals surface area contributed by atoms with Crippen molar-refractivity contribution >= 4 is 6.03 Å². The van der Waals surface area contributed by atoms with Crippen molar-refractivity contribution in [1.29, 1.82) is 0 Å². The van der Waals surface area contributed by atoms with E-state index in [1.165, 1.54) is 0 Å². The van der Waals surface area contributed by atoms with Crippen molar-refractivity contribution in [3.63, 3.8) is 0 Å². The third-order valence-corrected chi connectivity index (χ3v) is 3.51. The number of carbonyl (C=O) groups is 1. The minimum atomic E-state index is 0.0474. The van der Waals surface area contributed by atoms with Crippen LogP contribution in [0, 0.1) is 6.92 Å². The van der Waals surface area contributed by atoms with Crippen LogP contribution in [-0.4, -0.2) is 37.2 Å². The van der Waals surface area contributed by atoms with Crippen LogP contribution < -0.4 is 10.1 Å². The normalized spacial score (nSPS) is 10.3. The Labute approximate surface area is 134 Å². The van der Waals surface area contributed by atoms with Gasteiger partial charge in [0.25, 0.3) is 0 Å². The molecular weight excluding hydrogens is 276 g/mol. The Kier molecular flexibility index (Phi) is 9.12. The van der Waals surface area contributed by atoms with Crippen molar-refractivity contribution in [2.45, 2.75) is 46.5 Å². The minimum Gasteiger partial charge on any atom is -0.493 e. The lowest BCUT2D eigenvalue weighted by Gasteiger charge is -2.22. The van der Waals surface area contributed by atoms with Gasteiger partial charge in [-0.2, -0.15) is 0 Å². The summed E-state index contributed by atoms with van der Waals surface area (Å²) in [5, 5.41) is 2.98. The number of carbonyl (C=O) groups excluding carboxylic acids is 1. The number of para-hydroxylation sites is 1. The van der Waals surface area contributed by atoms with Crippen LogP contribution in [0.3, 0.4) is 0 Å². The molecule has 0 unspecified atom stereocenters. The van der Waals surface area contributed by atoms with Crippen LogP contribution in [0.5, 0.6) is 5.75 Å². The van der Waals surface area contributed by atoms with Gasteiger partial charge in [0.1, 0.15) is 5.75 Å². The predicted molar refractivity (Wildman–Crippen MR) is 91.5 cm³/mol. The summed E-state index contributed by atoms with van der Waals surface area (Å²) in [6, 6.07) is 8.03. The van der Waals surface area contributed by atoms with Gasteiger partial charge in [-0.05, 0) is 37.8 Å². The second-order valence-electron chi connectivity index (χ2n) is 5.54. The van der Waals surface area contributed by atoms with Crippen LogP contribution in [0.4, 0.5) is 4.79 Å². The first-order valence-electron chi connectivity index (χ1n) is 8.40. The highest BCUT2D eigenvalue weighted by Crippen LogP contribution is 2.15. The highest BCUT2D eigenvalue weighted by atomic mass is 16.5. The van der Waals surface area contributed by atoms with Crippen LogP contribution in [0.25, 0.3) is 0 Å². The predicted octanol–water partition coefficient (Wildman–Crippen LogP) is 3.99. The van der Waals surface area contributed by atoms with Crippen molar-refractivity contribution < 1.29 is 9.53 Å². The molecule has 0 aromatic heterocycles. The lowest BCUT2D eigenvalue weighted by atomic mass is 10.2. The van der Waals surface area contributed by atoms with Gasteiger partial charge in [0, 0.05) is 19.6 Å². The number of hydrogen-bond acceptors (Lipinski definition) is 2. The molecule has 4 nitrogen and oxygen atoms in total. The molecule has 1 rings (SSSR count). The number of nitrogens with zero attached hydrogens (tertiary/aromatic N) is 1. The van der Waals surface area contributed by atoms with Gasteiger partial charge in [-0.1, -0.05) is 38.5 Å². The second kappa shape index (κ2) is 10.9. The Hall–Kier alpha value is -1.71. The highest BCUT2D eigenvalue weighted by Gasteiger charge is 2.10. The van der Waals surface area contributed by atoms with Gasteiger partial charge in [0.15, 0.2) is 0 Å². The Morgan fingerprint density at radius 2 is 1.91 bits per heavy atom. The molecule has 22 heavy (non-hydrogen) atoms. The van der Waals surface area contributed by atoms with Crippen LogP contribution in [0.1, 0.15) is 45.1 Å². The molecule has 124 valence electrons. The van der Waals surface area contributed by atoms with Crippen molar-refractivity contribution in [2.75, 3.05) is 26.2 Å². The standard InChI is InChI=1S/C18H30N2O2/c1-4-6-14-20(13-5-2)18(21)19-12-9-15-22-17-11-8-7-10-16(17)3/h7-8,10-11H,4-6,9,12-15H2,1-3H3,(H,19,21). The molecule has 2 amide bonds. The maximum atomic E-state index is 12.1. The largest absolute Gasteiger partial charge is 0.493 e. The first-order chi connectivity index (χ1) is 10.7. The number of hydrogen-bond donors (Lipinski definition) is 1. The van der Waals surface area contributed by atoms with E-state index in [2.05, 4.69) is 19.2 Å². The van der Waals surface area contributed by atoms with E-state index >= 15 is 0 Å². The molecule has 1 N–H and O–H groups in total. The van der Waals surface area contributed by atoms with Crippen LogP contribution in [-0.2, 0) is 0 Å². The van der Waals surface area contributed by atoms with Gasteiger partial charge in [0.05, 0.1) is 6.61 Å². The summed E-state index contributed by atoms with van der Waals surface area (Å²) in [4.78, 5) is 14.0. The van der Waals surface area contributed by atoms with Crippen LogP contribution in [0.15, 0.2) is 24.3 Å². The molecule has 0 spiro atoms. The van der Waals surface area contributed by atoms with E-state index in [1.807, 2.05) is 36.1 Å². The van der Waals surface area contributed by atoms with E-state index in [4.69, 9.17) is 4.74 Å². The second-order valence-corrected chi connectivity index (χ2v) is 5.54. The van der Waals surface area contributed by atoms with E-state index in [0.29, 0.717) is 13.2 Å². The summed E-state index contributed by atoms with van der Waals surface area (Å²) >= 11 is 0. The SMILES string of the molecule is CCCCN(CCC)C(=O)NCCCOc1ccccc1C. The van der Waals surface area contributed by atoms with E-state index in [1.54, 1.807) is 0 Å². The number of nitrogens with one attached hydrogen (secondary N) is 1. The molecule has 1 aromatic carbocycles. The molecule has 0 radical (unpaired) electrons. The van der Waals surface area contributed by atoms with Gasteiger partial charge in [0.2, 0.25) is 0 Å². The third-order valence-electron chi connectivity index (χ3n) is 3.51. The first kappa shape index (κ1) is 18.3. The number of urea groups is 1. The average Bonchev–Trinajstić information content (AvgIpc) is 2.52. The molecule has 0 aliphatic carbocycles. The summed E-state index contributed by atoms with van der Waals surface area (Å²) in [6.07, 6.45) is 3.98. The zero-order valence-corrected chi connectivity index (χ0v) is 14.2. The molecule has 0 bridgehead atoms. The van der Waals surface area contributed by atoms with E-state index in [9.17, 15) is 4.79 Å². The molecule has 0 heterocycles. The molecule has 0 fully saturated rings. The minimum absolute atomic E-state index is 0.0474. The Balaban J connectivity index is 2.22. The van der Waals surface area contributed by atoms with E-state index in [-0.39, 0.29) is 6.03 Å². The van der Waals surface area contributed by atoms with Crippen molar-refractivity contribution in [3.8, 4) is 5.75 Å². The Morgan fingerprint density at radius 3 is 2.59 bits per heavy atom. The lowest BCUT2D eigenvalue weighted by molar-refractivity contribution is 0.195. The first-order valence-corrected chi connectivity index (χ1v) is 8.40. The van der Waals surface area contributed by atoms with Crippen LogP contribution >= 0.6 is 0 Å². The summed E-state index contributed by atoms with van der Waals surface area (Å²) in [5.74, 6) is 0.921. The fraction of sp³-hybridized carbons (Fsp3) is 0.611. The molecule has 0 aliphatic rings.